The Morgan fingerprint density at radius 2 is 1.31 bits per heavy atom. The molecule has 5 atom stereocenters. The molecule has 0 aliphatic carbocycles. The monoisotopic (exact) mass is 501 g/mol. The summed E-state index contributed by atoms with van der Waals surface area (Å²) in [7, 11) is 0. The van der Waals surface area contributed by atoms with E-state index in [1.165, 1.54) is 0 Å². The molecule has 0 aliphatic heterocycles. The second kappa shape index (κ2) is 16.4. The molecule has 0 rings (SSSR count). The second-order valence-electron chi connectivity index (χ2n) is 8.39. The van der Waals surface area contributed by atoms with Crippen molar-refractivity contribution in [1.82, 2.24) is 16.0 Å². The third kappa shape index (κ3) is 12.7. The highest BCUT2D eigenvalue weighted by Gasteiger charge is 2.31. The lowest BCUT2D eigenvalue weighted by molar-refractivity contribution is -0.144. The molecule has 0 bridgehead atoms. The number of hydrogen-bond acceptors (Lipinski definition) is 8. The Balaban J connectivity index is 5.63. The van der Waals surface area contributed by atoms with E-state index in [-0.39, 0.29) is 25.2 Å². The van der Waals surface area contributed by atoms with Gasteiger partial charge in [0.1, 0.15) is 18.1 Å². The van der Waals surface area contributed by atoms with Crippen molar-refractivity contribution >= 4 is 35.5 Å². The third-order valence-electron chi connectivity index (χ3n) is 5.47. The average molecular weight is 502 g/mol. The zero-order valence-electron chi connectivity index (χ0n) is 20.2. The minimum atomic E-state index is -1.64. The molecule has 0 saturated heterocycles. The Labute approximate surface area is 204 Å². The van der Waals surface area contributed by atoms with Crippen molar-refractivity contribution in [2.45, 2.75) is 83.0 Å². The van der Waals surface area contributed by atoms with Gasteiger partial charge in [-0.05, 0) is 38.1 Å². The maximum absolute atomic E-state index is 13.0. The number of carboxylic acid groups (broad SMARTS) is 1. The van der Waals surface area contributed by atoms with Crippen LogP contribution in [0.15, 0.2) is 0 Å². The molecule has 0 aromatic carbocycles. The molecule has 5 amide bonds. The van der Waals surface area contributed by atoms with Crippen LogP contribution in [0.25, 0.3) is 0 Å². The van der Waals surface area contributed by atoms with Gasteiger partial charge in [-0.1, -0.05) is 20.3 Å². The third-order valence-corrected chi connectivity index (χ3v) is 5.47. The predicted molar refractivity (Wildman–Crippen MR) is 126 cm³/mol. The van der Waals surface area contributed by atoms with E-state index < -0.39 is 66.1 Å². The van der Waals surface area contributed by atoms with Crippen molar-refractivity contribution in [2.24, 2.45) is 28.9 Å². The molecule has 0 aromatic rings. The van der Waals surface area contributed by atoms with Gasteiger partial charge in [0.15, 0.2) is 0 Å². The van der Waals surface area contributed by atoms with E-state index in [1.807, 2.05) is 6.92 Å². The number of hydrogen-bond donors (Lipinski definition) is 8. The summed E-state index contributed by atoms with van der Waals surface area (Å²) in [5.74, 6) is -5.61. The van der Waals surface area contributed by atoms with Crippen LogP contribution >= 0.6 is 0 Å². The first kappa shape index (κ1) is 31.7. The van der Waals surface area contributed by atoms with Crippen molar-refractivity contribution < 1.29 is 33.9 Å². The van der Waals surface area contributed by atoms with Gasteiger partial charge in [0.25, 0.3) is 0 Å². The van der Waals surface area contributed by atoms with Crippen LogP contribution in [0.2, 0.25) is 0 Å². The van der Waals surface area contributed by atoms with Crippen LogP contribution in [0.1, 0.15) is 58.8 Å². The maximum Gasteiger partial charge on any atom is 0.326 e. The van der Waals surface area contributed by atoms with Crippen LogP contribution in [0.3, 0.4) is 0 Å². The fourth-order valence-corrected chi connectivity index (χ4v) is 3.04. The van der Waals surface area contributed by atoms with Gasteiger partial charge in [0, 0.05) is 6.42 Å². The number of amides is 5. The minimum absolute atomic E-state index is 0.143. The molecule has 35 heavy (non-hydrogen) atoms. The minimum Gasteiger partial charge on any atom is -0.480 e. The Morgan fingerprint density at radius 1 is 0.800 bits per heavy atom. The topological polar surface area (TPSA) is 263 Å². The second-order valence-corrected chi connectivity index (χ2v) is 8.39. The predicted octanol–water partition coefficient (Wildman–Crippen LogP) is -2.83. The summed E-state index contributed by atoms with van der Waals surface area (Å²) in [5, 5.41) is 16.4. The number of carbonyl (C=O) groups is 6. The quantitative estimate of drug-likeness (QED) is 0.0898. The molecule has 14 nitrogen and oxygen atoms in total. The molecule has 0 saturated carbocycles. The van der Waals surface area contributed by atoms with Crippen molar-refractivity contribution in [3.8, 4) is 0 Å². The first-order chi connectivity index (χ1) is 16.3. The Morgan fingerprint density at radius 3 is 1.77 bits per heavy atom. The largest absolute Gasteiger partial charge is 0.480 e. The molecule has 0 spiro atoms. The molecule has 200 valence electrons. The summed E-state index contributed by atoms with van der Waals surface area (Å²) in [6.45, 7) is 4.03. The average Bonchev–Trinajstić information content (AvgIpc) is 2.78. The lowest BCUT2D eigenvalue weighted by Crippen LogP contribution is -2.57. The van der Waals surface area contributed by atoms with Gasteiger partial charge in [-0.2, -0.15) is 0 Å². The lowest BCUT2D eigenvalue weighted by Gasteiger charge is -2.26. The molecule has 0 aliphatic rings. The van der Waals surface area contributed by atoms with Crippen molar-refractivity contribution in [1.29, 1.82) is 0 Å². The summed E-state index contributed by atoms with van der Waals surface area (Å²) in [4.78, 5) is 72.0. The standard InChI is InChI=1S/C21H39N7O7/c1-3-11(2)17(25)20(33)27-12(6-4-5-9-22)18(31)26-13(7-8-15(23)29)19(32)28-14(21(34)35)10-16(24)30/h11-14,17H,3-10,22,25H2,1-2H3,(H2,23,29)(H2,24,30)(H,26,31)(H,27,33)(H,28,32)(H,34,35). The molecule has 14 heteroatoms. The number of primary amides is 2. The number of carboxylic acids is 1. The van der Waals surface area contributed by atoms with Gasteiger partial charge in [0.2, 0.25) is 29.5 Å². The van der Waals surface area contributed by atoms with Gasteiger partial charge < -0.3 is 44.0 Å². The normalized spacial score (nSPS) is 15.1. The number of rotatable bonds is 18. The fraction of sp³-hybridized carbons (Fsp3) is 0.714. The molecular formula is C21H39N7O7. The molecular weight excluding hydrogens is 462 g/mol. The Hall–Kier alpha value is -3.26. The van der Waals surface area contributed by atoms with E-state index in [4.69, 9.17) is 22.9 Å². The van der Waals surface area contributed by atoms with Gasteiger partial charge in [0.05, 0.1) is 12.5 Å². The van der Waals surface area contributed by atoms with E-state index in [0.29, 0.717) is 25.8 Å². The first-order valence-corrected chi connectivity index (χ1v) is 11.5. The van der Waals surface area contributed by atoms with Crippen LogP contribution in [-0.2, 0) is 28.8 Å². The SMILES string of the molecule is CCC(C)C(N)C(=O)NC(CCCCN)C(=O)NC(CCC(N)=O)C(=O)NC(CC(N)=O)C(=O)O. The van der Waals surface area contributed by atoms with Crippen LogP contribution in [-0.4, -0.2) is 71.3 Å². The van der Waals surface area contributed by atoms with E-state index in [9.17, 15) is 33.9 Å². The highest BCUT2D eigenvalue weighted by molar-refractivity contribution is 5.95. The Bertz CT molecular complexity index is 762. The number of unbranched alkanes of at least 4 members (excludes halogenated alkanes) is 1. The summed E-state index contributed by atoms with van der Waals surface area (Å²) >= 11 is 0. The number of carbonyl (C=O) groups excluding carboxylic acids is 5. The van der Waals surface area contributed by atoms with Crippen molar-refractivity contribution in [3.05, 3.63) is 0 Å². The van der Waals surface area contributed by atoms with Gasteiger partial charge in [-0.25, -0.2) is 4.79 Å². The van der Waals surface area contributed by atoms with E-state index in [1.54, 1.807) is 6.92 Å². The molecule has 5 unspecified atom stereocenters. The van der Waals surface area contributed by atoms with E-state index >= 15 is 0 Å². The summed E-state index contributed by atoms with van der Waals surface area (Å²) in [6, 6.07) is -4.93. The highest BCUT2D eigenvalue weighted by atomic mass is 16.4. The molecule has 0 aromatic heterocycles. The number of aliphatic carboxylic acids is 1. The van der Waals surface area contributed by atoms with Gasteiger partial charge in [-0.15, -0.1) is 0 Å². The van der Waals surface area contributed by atoms with E-state index in [0.717, 1.165) is 0 Å². The molecule has 0 radical (unpaired) electrons. The van der Waals surface area contributed by atoms with Gasteiger partial charge in [-0.3, -0.25) is 24.0 Å². The molecule has 0 heterocycles. The zero-order valence-corrected chi connectivity index (χ0v) is 20.2. The van der Waals surface area contributed by atoms with Gasteiger partial charge >= 0.3 is 5.97 Å². The fourth-order valence-electron chi connectivity index (χ4n) is 3.04. The first-order valence-electron chi connectivity index (χ1n) is 11.5. The van der Waals surface area contributed by atoms with Crippen molar-refractivity contribution in [3.63, 3.8) is 0 Å². The van der Waals surface area contributed by atoms with Crippen LogP contribution < -0.4 is 38.9 Å². The summed E-state index contributed by atoms with van der Waals surface area (Å²) in [6.07, 6.45) is 0.695. The smallest absolute Gasteiger partial charge is 0.326 e. The summed E-state index contributed by atoms with van der Waals surface area (Å²) in [5.41, 5.74) is 21.6. The maximum atomic E-state index is 13.0. The highest BCUT2D eigenvalue weighted by Crippen LogP contribution is 2.09. The summed E-state index contributed by atoms with van der Waals surface area (Å²) < 4.78 is 0. The van der Waals surface area contributed by atoms with E-state index in [2.05, 4.69) is 16.0 Å². The number of nitrogens with one attached hydrogen (secondary N) is 3. The van der Waals surface area contributed by atoms with Crippen LogP contribution in [0.4, 0.5) is 0 Å². The number of nitrogens with two attached hydrogens (primary N) is 4. The Kier molecular flexibility index (Phi) is 14.9. The zero-order chi connectivity index (χ0) is 27.1. The molecule has 0 fully saturated rings. The van der Waals surface area contributed by atoms with Crippen LogP contribution in [0.5, 0.6) is 0 Å². The molecule has 12 N–H and O–H groups in total. The van der Waals surface area contributed by atoms with Crippen molar-refractivity contribution in [2.75, 3.05) is 6.54 Å². The lowest BCUT2D eigenvalue weighted by atomic mass is 9.98. The van der Waals surface area contributed by atoms with Crippen LogP contribution in [0, 0.1) is 5.92 Å².